The standard InChI is InChI=1S/C17H21NO4/c1-22-14(16(20)21)10-18-15(19)13-9-17(13)8-4-6-11-5-2-3-7-12(11)17/h2-3,5,7,13-14H,4,6,8-10H2,1H3,(H,18,19)(H,20,21). The van der Waals surface area contributed by atoms with Crippen molar-refractivity contribution >= 4 is 11.9 Å². The Labute approximate surface area is 129 Å². The monoisotopic (exact) mass is 303 g/mol. The third-order valence-corrected chi connectivity index (χ3v) is 5.04. The van der Waals surface area contributed by atoms with Crippen molar-refractivity contribution in [3.63, 3.8) is 0 Å². The minimum Gasteiger partial charge on any atom is -0.479 e. The van der Waals surface area contributed by atoms with Crippen LogP contribution in [0.4, 0.5) is 0 Å². The average Bonchev–Trinajstić information content (AvgIpc) is 3.23. The summed E-state index contributed by atoms with van der Waals surface area (Å²) < 4.78 is 4.84. The van der Waals surface area contributed by atoms with Gasteiger partial charge in [-0.3, -0.25) is 4.79 Å². The van der Waals surface area contributed by atoms with Gasteiger partial charge in [-0.05, 0) is 36.8 Å². The fourth-order valence-corrected chi connectivity index (χ4v) is 3.76. The zero-order valence-corrected chi connectivity index (χ0v) is 12.7. The lowest BCUT2D eigenvalue weighted by molar-refractivity contribution is -0.148. The van der Waals surface area contributed by atoms with Gasteiger partial charge in [0.05, 0.1) is 6.54 Å². The molecule has 1 fully saturated rings. The molecule has 3 rings (SSSR count). The van der Waals surface area contributed by atoms with Crippen LogP contribution in [-0.4, -0.2) is 36.7 Å². The fraction of sp³-hybridized carbons (Fsp3) is 0.529. The Morgan fingerprint density at radius 1 is 1.45 bits per heavy atom. The molecule has 1 aromatic rings. The lowest BCUT2D eigenvalue weighted by atomic mass is 9.78. The highest BCUT2D eigenvalue weighted by Gasteiger charge is 2.59. The normalized spacial score (nSPS) is 27.0. The Kier molecular flexibility index (Phi) is 3.91. The van der Waals surface area contributed by atoms with Crippen molar-refractivity contribution in [2.24, 2.45) is 5.92 Å². The number of hydrogen-bond acceptors (Lipinski definition) is 3. The van der Waals surface area contributed by atoms with Gasteiger partial charge in [0.2, 0.25) is 5.91 Å². The number of carboxylic acid groups (broad SMARTS) is 1. The highest BCUT2D eigenvalue weighted by Crippen LogP contribution is 2.60. The molecule has 0 radical (unpaired) electrons. The van der Waals surface area contributed by atoms with E-state index in [-0.39, 0.29) is 23.8 Å². The summed E-state index contributed by atoms with van der Waals surface area (Å²) in [7, 11) is 1.33. The summed E-state index contributed by atoms with van der Waals surface area (Å²) in [5, 5.41) is 11.7. The largest absolute Gasteiger partial charge is 0.479 e. The molecule has 1 aromatic carbocycles. The van der Waals surface area contributed by atoms with Crippen molar-refractivity contribution in [3.05, 3.63) is 35.4 Å². The molecule has 0 aromatic heterocycles. The van der Waals surface area contributed by atoms with Crippen LogP contribution in [0.25, 0.3) is 0 Å². The van der Waals surface area contributed by atoms with Gasteiger partial charge in [-0.2, -0.15) is 0 Å². The topological polar surface area (TPSA) is 75.6 Å². The molecule has 1 spiro atoms. The first-order valence-corrected chi connectivity index (χ1v) is 7.70. The number of ether oxygens (including phenoxy) is 1. The van der Waals surface area contributed by atoms with E-state index in [9.17, 15) is 9.59 Å². The maximum Gasteiger partial charge on any atom is 0.334 e. The molecule has 2 N–H and O–H groups in total. The summed E-state index contributed by atoms with van der Waals surface area (Å²) in [6.07, 6.45) is 3.10. The summed E-state index contributed by atoms with van der Waals surface area (Å²) in [6.45, 7) is 0.0128. The van der Waals surface area contributed by atoms with Crippen LogP contribution in [0.2, 0.25) is 0 Å². The van der Waals surface area contributed by atoms with E-state index in [1.54, 1.807) is 0 Å². The number of carbonyl (C=O) groups is 2. The molecule has 0 saturated heterocycles. The number of hydrogen-bond donors (Lipinski definition) is 2. The Hall–Kier alpha value is -1.88. The average molecular weight is 303 g/mol. The van der Waals surface area contributed by atoms with E-state index in [0.29, 0.717) is 0 Å². The zero-order valence-electron chi connectivity index (χ0n) is 12.7. The van der Waals surface area contributed by atoms with Crippen molar-refractivity contribution in [3.8, 4) is 0 Å². The molecule has 5 heteroatoms. The summed E-state index contributed by atoms with van der Waals surface area (Å²) in [5.41, 5.74) is 2.64. The SMILES string of the molecule is COC(CNC(=O)C1CC12CCCc1ccccc12)C(=O)O. The molecule has 0 aliphatic heterocycles. The van der Waals surface area contributed by atoms with Crippen molar-refractivity contribution < 1.29 is 19.4 Å². The maximum atomic E-state index is 12.4. The number of aryl methyl sites for hydroxylation is 1. The minimum atomic E-state index is -1.06. The van der Waals surface area contributed by atoms with Gasteiger partial charge in [-0.1, -0.05) is 24.3 Å². The summed E-state index contributed by atoms with van der Waals surface area (Å²) in [5.74, 6) is -1.16. The van der Waals surface area contributed by atoms with Crippen molar-refractivity contribution in [2.45, 2.75) is 37.2 Å². The van der Waals surface area contributed by atoms with E-state index in [1.807, 2.05) is 12.1 Å². The lowest BCUT2D eigenvalue weighted by Crippen LogP contribution is -2.39. The Morgan fingerprint density at radius 2 is 2.23 bits per heavy atom. The summed E-state index contributed by atoms with van der Waals surface area (Å²) in [6, 6.07) is 8.36. The number of rotatable bonds is 5. The van der Waals surface area contributed by atoms with Crippen LogP contribution in [-0.2, 0) is 26.2 Å². The predicted octanol–water partition coefficient (Wildman–Crippen LogP) is 1.50. The van der Waals surface area contributed by atoms with Crippen LogP contribution >= 0.6 is 0 Å². The van der Waals surface area contributed by atoms with E-state index in [0.717, 1.165) is 25.7 Å². The second-order valence-corrected chi connectivity index (χ2v) is 6.23. The van der Waals surface area contributed by atoms with Gasteiger partial charge in [-0.25, -0.2) is 4.79 Å². The van der Waals surface area contributed by atoms with Crippen LogP contribution in [0.5, 0.6) is 0 Å². The van der Waals surface area contributed by atoms with Crippen LogP contribution in [0, 0.1) is 5.92 Å². The molecule has 2 aliphatic carbocycles. The number of fused-ring (bicyclic) bond motifs is 2. The molecule has 2 aliphatic rings. The highest BCUT2D eigenvalue weighted by atomic mass is 16.5. The van der Waals surface area contributed by atoms with Gasteiger partial charge in [0.25, 0.3) is 0 Å². The first-order chi connectivity index (χ1) is 10.6. The number of nitrogens with one attached hydrogen (secondary N) is 1. The summed E-state index contributed by atoms with van der Waals surface area (Å²) in [4.78, 5) is 23.3. The number of benzene rings is 1. The molecule has 22 heavy (non-hydrogen) atoms. The smallest absolute Gasteiger partial charge is 0.334 e. The van der Waals surface area contributed by atoms with Gasteiger partial charge in [0.1, 0.15) is 0 Å². The van der Waals surface area contributed by atoms with Crippen molar-refractivity contribution in [2.75, 3.05) is 13.7 Å². The van der Waals surface area contributed by atoms with Gasteiger partial charge in [-0.15, -0.1) is 0 Å². The molecular weight excluding hydrogens is 282 g/mol. The maximum absolute atomic E-state index is 12.4. The van der Waals surface area contributed by atoms with Crippen molar-refractivity contribution in [1.29, 1.82) is 0 Å². The first-order valence-electron chi connectivity index (χ1n) is 7.70. The van der Waals surface area contributed by atoms with E-state index >= 15 is 0 Å². The van der Waals surface area contributed by atoms with Crippen LogP contribution < -0.4 is 5.32 Å². The van der Waals surface area contributed by atoms with Crippen LogP contribution in [0.15, 0.2) is 24.3 Å². The zero-order chi connectivity index (χ0) is 15.7. The Balaban J connectivity index is 1.67. The lowest BCUT2D eigenvalue weighted by Gasteiger charge is -2.26. The Bertz CT molecular complexity index is 600. The molecule has 0 heterocycles. The molecule has 1 amide bonds. The van der Waals surface area contributed by atoms with E-state index in [2.05, 4.69) is 17.4 Å². The minimum absolute atomic E-state index is 0.0128. The third kappa shape index (κ3) is 2.50. The van der Waals surface area contributed by atoms with Gasteiger partial charge in [0.15, 0.2) is 6.10 Å². The number of aliphatic carboxylic acids is 1. The van der Waals surface area contributed by atoms with Gasteiger partial charge < -0.3 is 15.2 Å². The van der Waals surface area contributed by atoms with E-state index < -0.39 is 12.1 Å². The van der Waals surface area contributed by atoms with Crippen LogP contribution in [0.3, 0.4) is 0 Å². The second kappa shape index (κ2) is 5.72. The number of carboxylic acids is 1. The third-order valence-electron chi connectivity index (χ3n) is 5.04. The number of amides is 1. The van der Waals surface area contributed by atoms with E-state index in [4.69, 9.17) is 9.84 Å². The molecule has 3 atom stereocenters. The second-order valence-electron chi connectivity index (χ2n) is 6.23. The first kappa shape index (κ1) is 15.0. The van der Waals surface area contributed by atoms with Crippen molar-refractivity contribution in [1.82, 2.24) is 5.32 Å². The highest BCUT2D eigenvalue weighted by molar-refractivity contribution is 5.85. The number of carbonyl (C=O) groups excluding carboxylic acids is 1. The molecule has 118 valence electrons. The summed E-state index contributed by atoms with van der Waals surface area (Å²) >= 11 is 0. The molecule has 0 bridgehead atoms. The molecule has 3 unspecified atom stereocenters. The molecule has 5 nitrogen and oxygen atoms in total. The number of methoxy groups -OCH3 is 1. The predicted molar refractivity (Wildman–Crippen MR) is 80.6 cm³/mol. The Morgan fingerprint density at radius 3 is 2.95 bits per heavy atom. The van der Waals surface area contributed by atoms with Gasteiger partial charge in [0, 0.05) is 18.4 Å². The van der Waals surface area contributed by atoms with Gasteiger partial charge >= 0.3 is 5.97 Å². The molecular formula is C17H21NO4. The quantitative estimate of drug-likeness (QED) is 0.864. The fourth-order valence-electron chi connectivity index (χ4n) is 3.76. The molecule has 1 saturated carbocycles. The van der Waals surface area contributed by atoms with Crippen LogP contribution in [0.1, 0.15) is 30.4 Å². The van der Waals surface area contributed by atoms with E-state index in [1.165, 1.54) is 18.2 Å².